The van der Waals surface area contributed by atoms with Gasteiger partial charge in [0.15, 0.2) is 11.3 Å². The van der Waals surface area contributed by atoms with Crippen LogP contribution in [0.2, 0.25) is 0 Å². The number of halogens is 1. The molecule has 1 aliphatic rings. The second-order valence-corrected chi connectivity index (χ2v) is 10.3. The summed E-state index contributed by atoms with van der Waals surface area (Å²) in [5.41, 5.74) is -2.05. The summed E-state index contributed by atoms with van der Waals surface area (Å²) in [6, 6.07) is 0.790. The zero-order valence-corrected chi connectivity index (χ0v) is 17.4. The van der Waals surface area contributed by atoms with Crippen molar-refractivity contribution >= 4 is 35.1 Å². The third kappa shape index (κ3) is 6.38. The molecule has 21 heteroatoms. The molecular weight excluding hydrogens is 504 g/mol. The number of aliphatic hydroxyl groups is 2. The lowest BCUT2D eigenvalue weighted by Crippen LogP contribution is -2.42. The first kappa shape index (κ1) is 22.5. The maximum atomic E-state index is 11.9. The van der Waals surface area contributed by atoms with E-state index in [1.807, 2.05) is 0 Å². The number of phosphoric acid groups is 3. The number of ether oxygens (including phenoxy) is 1. The molecule has 30 heavy (non-hydrogen) atoms. The number of nitrogens with one attached hydrogen (secondary N) is 1. The van der Waals surface area contributed by atoms with Crippen LogP contribution in [-0.4, -0.2) is 63.2 Å². The number of aromatic amines is 1. The summed E-state index contributed by atoms with van der Waals surface area (Å²) in [5.74, 6) is 0. The molecule has 7 N–H and O–H groups in total. The lowest BCUT2D eigenvalue weighted by molar-refractivity contribution is -0.0773. The van der Waals surface area contributed by atoms with Crippen LogP contribution < -0.4 is 11.2 Å². The van der Waals surface area contributed by atoms with Gasteiger partial charge in [0, 0.05) is 12.3 Å². The van der Waals surface area contributed by atoms with Gasteiger partial charge in [0.25, 0.3) is 5.56 Å². The third-order valence-electron chi connectivity index (χ3n) is 3.13. The highest BCUT2D eigenvalue weighted by Gasteiger charge is 2.56. The van der Waals surface area contributed by atoms with Crippen molar-refractivity contribution in [2.24, 2.45) is 0 Å². The van der Waals surface area contributed by atoms with E-state index in [2.05, 4.69) is 13.1 Å². The molecule has 0 radical (unpaired) electrons. The molecule has 0 amide bonds. The second-order valence-electron chi connectivity index (χ2n) is 5.39. The van der Waals surface area contributed by atoms with Gasteiger partial charge in [-0.05, 0) is 0 Å². The molecule has 6 atom stereocenters. The number of aromatic nitrogens is 2. The Morgan fingerprint density at radius 3 is 2.33 bits per heavy atom. The fraction of sp³-hybridized carbons (Fsp3) is 0.556. The fourth-order valence-corrected chi connectivity index (χ4v) is 5.24. The Hall–Kier alpha value is -0.740. The first-order chi connectivity index (χ1) is 14.2. The van der Waals surface area contributed by atoms with Crippen molar-refractivity contribution in [2.75, 3.05) is 6.56 Å². The molecule has 0 aliphatic carbocycles. The second kappa shape index (κ2) is 8.65. The summed E-state index contributed by atoms with van der Waals surface area (Å²) in [6.45, 7) is -3.87. The van der Waals surface area contributed by atoms with Gasteiger partial charge < -0.3 is 34.5 Å². The molecule has 17 nitrogen and oxygen atoms in total. The molecule has 1 fully saturated rings. The molecule has 0 spiro atoms. The summed E-state index contributed by atoms with van der Waals surface area (Å²) in [4.78, 5) is 60.4. The number of hydrogen-bond acceptors (Lipinski definition) is 11. The Kier molecular flexibility index (Phi) is 6.48. The topological polar surface area (TPSA) is 264 Å². The Labute approximate surface area is 172 Å². The van der Waals surface area contributed by atoms with E-state index in [-0.39, 0.29) is 0 Å². The Bertz CT molecular complexity index is 1140. The highest BCUT2D eigenvalue weighted by Crippen LogP contribution is 2.66. The number of hydrogen-bond donors (Lipinski definition) is 7. The summed E-state index contributed by atoms with van der Waals surface area (Å²) in [7, 11) is -17.8. The van der Waals surface area contributed by atoms with Crippen LogP contribution in [0.5, 0.6) is 0 Å². The lowest BCUT2D eigenvalue weighted by Gasteiger charge is -2.25. The molecule has 0 bridgehead atoms. The molecule has 2 heterocycles. The minimum Gasteiger partial charge on any atom is -0.386 e. The molecular formula is C9H14ClN2O15P3. The van der Waals surface area contributed by atoms with Crippen molar-refractivity contribution in [2.45, 2.75) is 23.5 Å². The molecule has 2 unspecified atom stereocenters. The predicted octanol–water partition coefficient (Wildman–Crippen LogP) is -1.93. The highest BCUT2D eigenvalue weighted by molar-refractivity contribution is 7.66. The number of nitrogens with zero attached hydrogens (tertiary/aromatic N) is 1. The van der Waals surface area contributed by atoms with E-state index in [0.717, 1.165) is 12.3 Å². The van der Waals surface area contributed by atoms with E-state index >= 15 is 0 Å². The van der Waals surface area contributed by atoms with Crippen molar-refractivity contribution in [1.82, 2.24) is 9.55 Å². The van der Waals surface area contributed by atoms with Gasteiger partial charge in [-0.3, -0.25) is 18.9 Å². The third-order valence-corrected chi connectivity index (χ3v) is 7.17. The van der Waals surface area contributed by atoms with Crippen molar-refractivity contribution in [3.8, 4) is 0 Å². The first-order valence-corrected chi connectivity index (χ1v) is 12.0. The van der Waals surface area contributed by atoms with Gasteiger partial charge in [-0.2, -0.15) is 8.62 Å². The average molecular weight is 521 g/mol. The van der Waals surface area contributed by atoms with E-state index in [0.29, 0.717) is 4.57 Å². The molecule has 1 aromatic heterocycles. The zero-order chi connectivity index (χ0) is 24.9. The monoisotopic (exact) mass is 520 g/mol. The van der Waals surface area contributed by atoms with Gasteiger partial charge in [-0.15, -0.1) is 0 Å². The normalized spacial score (nSPS) is 32.7. The standard InChI is InChI=1S/C9H14ClN2O15P3/c10-9(3-24-29(20,21)27-30(22,23)26-28(17,18)19)6(15)5(14)7(25-9)12-2-1-4(13)11-8(12)16/h1-2,5-7,14-15H,3H2,(H,20,21)(H,22,23)(H,11,13,16)(H2,17,18,19)/t5-,6+,7-,9-/m1/s1/i3D2. The molecule has 0 aromatic carbocycles. The van der Waals surface area contributed by atoms with Crippen LogP contribution in [0.15, 0.2) is 21.9 Å². The van der Waals surface area contributed by atoms with Crippen LogP contribution in [0.25, 0.3) is 0 Å². The smallest absolute Gasteiger partial charge is 0.386 e. The van der Waals surface area contributed by atoms with Gasteiger partial charge in [0.05, 0.1) is 2.74 Å². The minimum absolute atomic E-state index is 0.473. The summed E-state index contributed by atoms with van der Waals surface area (Å²) in [5, 5.41) is 17.0. The maximum Gasteiger partial charge on any atom is 0.490 e. The minimum atomic E-state index is -6.10. The summed E-state index contributed by atoms with van der Waals surface area (Å²) >= 11 is 5.83. The highest BCUT2D eigenvalue weighted by atomic mass is 35.5. The van der Waals surface area contributed by atoms with Crippen LogP contribution in [0.3, 0.4) is 0 Å². The SMILES string of the molecule is [2H]C([2H])(OP(=O)(O)OP(=O)(O)OP(=O)(O)O)[C@@]1(Cl)O[C@@H](n2ccc(=O)[nH]c2=O)[C@H](O)[C@@H]1O. The molecule has 1 aromatic rings. The number of rotatable bonds is 8. The van der Waals surface area contributed by atoms with E-state index in [4.69, 9.17) is 33.8 Å². The largest absolute Gasteiger partial charge is 0.490 e. The van der Waals surface area contributed by atoms with Crippen molar-refractivity contribution < 1.29 is 64.1 Å². The number of H-pyrrole nitrogens is 1. The molecule has 1 saturated heterocycles. The molecule has 1 aliphatic heterocycles. The summed E-state index contributed by atoms with van der Waals surface area (Å²) in [6.07, 6.45) is -5.90. The van der Waals surface area contributed by atoms with E-state index in [1.165, 1.54) is 0 Å². The number of alkyl halides is 1. The quantitative estimate of drug-likeness (QED) is 0.145. The van der Waals surface area contributed by atoms with Crippen LogP contribution >= 0.6 is 35.1 Å². The Balaban J connectivity index is 2.33. The van der Waals surface area contributed by atoms with Crippen LogP contribution in [0, 0.1) is 0 Å². The first-order valence-electron chi connectivity index (χ1n) is 8.09. The predicted molar refractivity (Wildman–Crippen MR) is 91.9 cm³/mol. The lowest BCUT2D eigenvalue weighted by atomic mass is 10.1. The van der Waals surface area contributed by atoms with Crippen molar-refractivity contribution in [1.29, 1.82) is 0 Å². The average Bonchev–Trinajstić information content (AvgIpc) is 2.76. The van der Waals surface area contributed by atoms with Gasteiger partial charge in [0.1, 0.15) is 18.8 Å². The van der Waals surface area contributed by atoms with Crippen molar-refractivity contribution in [3.05, 3.63) is 33.1 Å². The fourth-order valence-electron chi connectivity index (χ4n) is 2.04. The van der Waals surface area contributed by atoms with Crippen molar-refractivity contribution in [3.63, 3.8) is 0 Å². The summed E-state index contributed by atoms with van der Waals surface area (Å²) < 4.78 is 65.6. The number of aliphatic hydroxyl groups excluding tert-OH is 2. The van der Waals surface area contributed by atoms with Crippen LogP contribution in [-0.2, 0) is 31.6 Å². The Morgan fingerprint density at radius 1 is 1.20 bits per heavy atom. The van der Waals surface area contributed by atoms with Gasteiger partial charge in [-0.1, -0.05) is 11.6 Å². The molecule has 172 valence electrons. The van der Waals surface area contributed by atoms with Crippen LogP contribution in [0.1, 0.15) is 8.97 Å². The molecule has 0 saturated carbocycles. The van der Waals surface area contributed by atoms with Gasteiger partial charge >= 0.3 is 29.2 Å². The van der Waals surface area contributed by atoms with E-state index < -0.39 is 64.8 Å². The zero-order valence-electron chi connectivity index (χ0n) is 15.9. The molecule has 2 rings (SSSR count). The van der Waals surface area contributed by atoms with Gasteiger partial charge in [0.2, 0.25) is 0 Å². The van der Waals surface area contributed by atoms with E-state index in [9.17, 15) is 38.4 Å². The number of phosphoric ester groups is 1. The van der Waals surface area contributed by atoms with E-state index in [1.54, 1.807) is 4.98 Å². The van der Waals surface area contributed by atoms with Gasteiger partial charge in [-0.25, -0.2) is 18.5 Å². The van der Waals surface area contributed by atoms with Crippen LogP contribution in [0.4, 0.5) is 0 Å². The maximum absolute atomic E-state index is 11.9. The Morgan fingerprint density at radius 2 is 1.80 bits per heavy atom.